The number of hydrogen-bond donors (Lipinski definition) is 4. The van der Waals surface area contributed by atoms with Gasteiger partial charge in [0.05, 0.1) is 35.9 Å². The number of carbonyl (C=O) groups is 3. The van der Waals surface area contributed by atoms with Gasteiger partial charge in [0.2, 0.25) is 11.8 Å². The summed E-state index contributed by atoms with van der Waals surface area (Å²) in [5.74, 6) is 1.36. The van der Waals surface area contributed by atoms with Crippen LogP contribution in [0.2, 0.25) is 0 Å². The molecule has 4 N–H and O–H groups in total. The Kier molecular flexibility index (Phi) is 12.2. The lowest BCUT2D eigenvalue weighted by molar-refractivity contribution is -0.138. The van der Waals surface area contributed by atoms with E-state index in [1.54, 1.807) is 11.1 Å². The van der Waals surface area contributed by atoms with Gasteiger partial charge >= 0.3 is 6.09 Å². The molecular formula is C46H54N8O5. The minimum absolute atomic E-state index is 0.100. The van der Waals surface area contributed by atoms with E-state index in [1.165, 1.54) is 0 Å². The fraction of sp³-hybridized carbons (Fsp3) is 0.413. The standard InChI is InChI=1S/C46H54N8O5/c1-3-52(4-2)41(35-10-6-5-7-11-35)45(56)54-25-9-13-39(54)43-48-29-37(50-43)33-20-16-31(17-21-33)30-14-18-32(19-15-30)36-28-47-42(49-36)38-12-8-24-53(38)44(55)40(51-46(57)58)34-22-26-59-27-23-34/h5-7,10-11,14-21,28-29,34,38-41,51H,3-4,8-9,12-13,22-27H2,1-2H3,(H,47,49)(H,48,50)(H,57,58)/t38-,39-,40-,41+/m0/s1. The van der Waals surface area contributed by atoms with Crippen molar-refractivity contribution in [1.29, 1.82) is 0 Å². The molecule has 0 unspecified atom stereocenters. The number of likely N-dealkylation sites (N-methyl/N-ethyl adjacent to an activating group) is 1. The van der Waals surface area contributed by atoms with Crippen molar-refractivity contribution >= 4 is 17.9 Å². The molecule has 3 aliphatic rings. The third kappa shape index (κ3) is 8.53. The van der Waals surface area contributed by atoms with Gasteiger partial charge in [-0.1, -0.05) is 92.7 Å². The summed E-state index contributed by atoms with van der Waals surface area (Å²) in [6.45, 7) is 8.11. The topological polar surface area (TPSA) is 160 Å². The van der Waals surface area contributed by atoms with Crippen LogP contribution in [0.25, 0.3) is 33.6 Å². The number of likely N-dealkylation sites (tertiary alicyclic amines) is 2. The number of H-pyrrole nitrogens is 2. The zero-order valence-electron chi connectivity index (χ0n) is 33.8. The Labute approximate surface area is 345 Å². The highest BCUT2D eigenvalue weighted by molar-refractivity contribution is 5.86. The Morgan fingerprint density at radius 3 is 1.71 bits per heavy atom. The van der Waals surface area contributed by atoms with Crippen LogP contribution >= 0.6 is 0 Å². The van der Waals surface area contributed by atoms with Crippen LogP contribution < -0.4 is 5.32 Å². The number of amides is 3. The van der Waals surface area contributed by atoms with Gasteiger partial charge in [-0.25, -0.2) is 14.8 Å². The smallest absolute Gasteiger partial charge is 0.405 e. The Balaban J connectivity index is 0.925. The molecule has 308 valence electrons. The summed E-state index contributed by atoms with van der Waals surface area (Å²) in [5, 5.41) is 12.1. The van der Waals surface area contributed by atoms with Gasteiger partial charge in [0.1, 0.15) is 23.7 Å². The number of aromatic nitrogens is 4. The molecule has 5 aromatic rings. The number of benzene rings is 3. The average Bonchev–Trinajstić information content (AvgIpc) is 4.12. The number of imidazole rings is 2. The lowest BCUT2D eigenvalue weighted by Crippen LogP contribution is -2.52. The fourth-order valence-electron chi connectivity index (χ4n) is 9.25. The van der Waals surface area contributed by atoms with Gasteiger partial charge < -0.3 is 34.9 Å². The summed E-state index contributed by atoms with van der Waals surface area (Å²) in [5.41, 5.74) is 6.94. The van der Waals surface area contributed by atoms with E-state index >= 15 is 0 Å². The van der Waals surface area contributed by atoms with Crippen LogP contribution in [0.3, 0.4) is 0 Å². The first-order chi connectivity index (χ1) is 28.8. The highest BCUT2D eigenvalue weighted by Crippen LogP contribution is 2.37. The molecule has 13 heteroatoms. The first kappa shape index (κ1) is 40.0. The molecular weight excluding hydrogens is 745 g/mol. The monoisotopic (exact) mass is 798 g/mol. The van der Waals surface area contributed by atoms with Crippen LogP contribution in [0.1, 0.15) is 87.7 Å². The second-order valence-corrected chi connectivity index (χ2v) is 15.8. The molecule has 0 saturated carbocycles. The van der Waals surface area contributed by atoms with E-state index in [0.29, 0.717) is 45.0 Å². The molecule has 5 heterocycles. The first-order valence-electron chi connectivity index (χ1n) is 21.1. The van der Waals surface area contributed by atoms with Crippen LogP contribution in [0, 0.1) is 5.92 Å². The largest absolute Gasteiger partial charge is 0.465 e. The van der Waals surface area contributed by atoms with Gasteiger partial charge in [0.15, 0.2) is 0 Å². The van der Waals surface area contributed by atoms with Crippen LogP contribution in [0.15, 0.2) is 91.3 Å². The van der Waals surface area contributed by atoms with E-state index in [1.807, 2.05) is 29.3 Å². The number of aromatic amines is 2. The van der Waals surface area contributed by atoms with Crippen molar-refractivity contribution in [2.45, 2.75) is 76.5 Å². The van der Waals surface area contributed by atoms with Crippen LogP contribution in [0.4, 0.5) is 4.79 Å². The van der Waals surface area contributed by atoms with Crippen molar-refractivity contribution in [3.05, 3.63) is 108 Å². The maximum atomic E-state index is 14.2. The second-order valence-electron chi connectivity index (χ2n) is 15.8. The van der Waals surface area contributed by atoms with Gasteiger partial charge in [-0.3, -0.25) is 14.5 Å². The van der Waals surface area contributed by atoms with Crippen molar-refractivity contribution < 1.29 is 24.2 Å². The molecule has 8 rings (SSSR count). The normalized spacial score (nSPS) is 19.6. The number of carbonyl (C=O) groups excluding carboxylic acids is 2. The molecule has 3 saturated heterocycles. The second kappa shape index (κ2) is 18.0. The molecule has 0 radical (unpaired) electrons. The van der Waals surface area contributed by atoms with Crippen molar-refractivity contribution in [3.8, 4) is 33.6 Å². The number of nitrogens with zero attached hydrogens (tertiary/aromatic N) is 5. The molecule has 3 amide bonds. The lowest BCUT2D eigenvalue weighted by Gasteiger charge is -2.34. The molecule has 3 aromatic carbocycles. The summed E-state index contributed by atoms with van der Waals surface area (Å²) >= 11 is 0. The summed E-state index contributed by atoms with van der Waals surface area (Å²) in [6, 6.07) is 25.3. The Morgan fingerprint density at radius 1 is 0.729 bits per heavy atom. The van der Waals surface area contributed by atoms with Gasteiger partial charge in [0, 0.05) is 26.3 Å². The lowest BCUT2D eigenvalue weighted by atomic mass is 9.90. The van der Waals surface area contributed by atoms with Crippen LogP contribution in [-0.2, 0) is 14.3 Å². The maximum absolute atomic E-state index is 14.2. The molecule has 13 nitrogen and oxygen atoms in total. The Bertz CT molecular complexity index is 2190. The predicted octanol–water partition coefficient (Wildman–Crippen LogP) is 7.61. The van der Waals surface area contributed by atoms with E-state index in [0.717, 1.165) is 83.8 Å². The highest BCUT2D eigenvalue weighted by atomic mass is 16.5. The van der Waals surface area contributed by atoms with E-state index < -0.39 is 12.1 Å². The first-order valence-corrected chi connectivity index (χ1v) is 21.1. The third-order valence-electron chi connectivity index (χ3n) is 12.4. The van der Waals surface area contributed by atoms with E-state index in [-0.39, 0.29) is 35.9 Å². The average molecular weight is 799 g/mol. The zero-order chi connectivity index (χ0) is 40.9. The maximum Gasteiger partial charge on any atom is 0.405 e. The SMILES string of the molecule is CCN(CC)[C@@H](C(=O)N1CCC[C@H]1c1ncc(-c2ccc(-c3ccc(-c4cnc([C@@H]5CCCN5C(=O)[C@@H](NC(=O)O)C5CCOCC5)[nH]4)cc3)cc2)[nH]1)c1ccccc1. The summed E-state index contributed by atoms with van der Waals surface area (Å²) in [4.78, 5) is 62.2. The quantitative estimate of drug-likeness (QED) is 0.0948. The van der Waals surface area contributed by atoms with Crippen molar-refractivity contribution in [1.82, 2.24) is 40.0 Å². The molecule has 3 aliphatic heterocycles. The molecule has 0 bridgehead atoms. The Hall–Kier alpha value is -5.79. The number of hydrogen-bond acceptors (Lipinski definition) is 7. The summed E-state index contributed by atoms with van der Waals surface area (Å²) in [6.07, 6.45) is 7.15. The molecule has 2 aromatic heterocycles. The summed E-state index contributed by atoms with van der Waals surface area (Å²) in [7, 11) is 0. The minimum atomic E-state index is -1.19. The molecule has 0 aliphatic carbocycles. The third-order valence-corrected chi connectivity index (χ3v) is 12.4. The fourth-order valence-corrected chi connectivity index (χ4v) is 9.25. The zero-order valence-corrected chi connectivity index (χ0v) is 33.8. The highest BCUT2D eigenvalue weighted by Gasteiger charge is 2.40. The van der Waals surface area contributed by atoms with Crippen molar-refractivity contribution in [2.24, 2.45) is 5.92 Å². The van der Waals surface area contributed by atoms with Crippen molar-refractivity contribution in [3.63, 3.8) is 0 Å². The minimum Gasteiger partial charge on any atom is -0.465 e. The van der Waals surface area contributed by atoms with Gasteiger partial charge in [0.25, 0.3) is 0 Å². The van der Waals surface area contributed by atoms with Gasteiger partial charge in [-0.15, -0.1) is 0 Å². The van der Waals surface area contributed by atoms with E-state index in [4.69, 9.17) is 14.7 Å². The molecule has 59 heavy (non-hydrogen) atoms. The number of carboxylic acid groups (broad SMARTS) is 1. The Morgan fingerprint density at radius 2 is 1.22 bits per heavy atom. The van der Waals surface area contributed by atoms with Gasteiger partial charge in [-0.05, 0) is 85.3 Å². The van der Waals surface area contributed by atoms with Crippen LogP contribution in [-0.4, -0.2) is 103 Å². The molecule has 0 spiro atoms. The number of rotatable bonds is 13. The summed E-state index contributed by atoms with van der Waals surface area (Å²) < 4.78 is 5.47. The molecule has 4 atom stereocenters. The van der Waals surface area contributed by atoms with E-state index in [9.17, 15) is 19.5 Å². The van der Waals surface area contributed by atoms with Crippen LogP contribution in [0.5, 0.6) is 0 Å². The van der Waals surface area contributed by atoms with E-state index in [2.05, 4.69) is 94.7 Å². The number of ether oxygens (including phenoxy) is 1. The van der Waals surface area contributed by atoms with Crippen molar-refractivity contribution in [2.75, 3.05) is 39.4 Å². The number of nitrogens with one attached hydrogen (secondary N) is 3. The molecule has 3 fully saturated rings. The van der Waals surface area contributed by atoms with Gasteiger partial charge in [-0.2, -0.15) is 0 Å². The predicted molar refractivity (Wildman–Crippen MR) is 225 cm³/mol.